The summed E-state index contributed by atoms with van der Waals surface area (Å²) in [7, 11) is 1.32. The van der Waals surface area contributed by atoms with E-state index < -0.39 is 24.3 Å². The van der Waals surface area contributed by atoms with Crippen LogP contribution in [0.15, 0.2) is 18.2 Å². The van der Waals surface area contributed by atoms with E-state index in [4.69, 9.17) is 9.47 Å². The minimum Gasteiger partial charge on any atom is -0.494 e. The van der Waals surface area contributed by atoms with Gasteiger partial charge in [0.25, 0.3) is 5.91 Å². The van der Waals surface area contributed by atoms with Crippen molar-refractivity contribution < 1.29 is 23.5 Å². The average Bonchev–Trinajstić information content (AvgIpc) is 3.20. The van der Waals surface area contributed by atoms with Crippen molar-refractivity contribution >= 4 is 28.2 Å². The van der Waals surface area contributed by atoms with E-state index in [-0.39, 0.29) is 11.3 Å². The lowest BCUT2D eigenvalue weighted by Gasteiger charge is -2.07. The highest BCUT2D eigenvalue weighted by molar-refractivity contribution is 7.16. The molecule has 0 aliphatic heterocycles. The summed E-state index contributed by atoms with van der Waals surface area (Å²) in [5.74, 6) is -2.06. The van der Waals surface area contributed by atoms with Crippen molar-refractivity contribution in [2.75, 3.05) is 19.0 Å². The van der Waals surface area contributed by atoms with E-state index in [9.17, 15) is 19.2 Å². The lowest BCUT2D eigenvalue weighted by atomic mass is 10.1. The number of aryl methyl sites for hydroxylation is 1. The Morgan fingerprint density at radius 2 is 2.19 bits per heavy atom. The third kappa shape index (κ3) is 3.53. The predicted molar refractivity (Wildman–Crippen MR) is 92.9 cm³/mol. The lowest BCUT2D eigenvalue weighted by molar-refractivity contribution is -0.119. The molecule has 1 aliphatic carbocycles. The minimum absolute atomic E-state index is 0.00840. The average molecular weight is 374 g/mol. The number of carbonyl (C=O) groups is 2. The van der Waals surface area contributed by atoms with Crippen LogP contribution in [0.3, 0.4) is 0 Å². The smallest absolute Gasteiger partial charge is 0.338 e. The molecule has 0 unspecified atom stereocenters. The van der Waals surface area contributed by atoms with E-state index >= 15 is 0 Å². The Hall–Kier alpha value is -2.92. The van der Waals surface area contributed by atoms with Gasteiger partial charge in [-0.15, -0.1) is 11.3 Å². The second kappa shape index (κ2) is 7.54. The molecule has 2 aromatic rings. The minimum atomic E-state index is -0.823. The number of nitrogens with one attached hydrogen (secondary N) is 1. The largest absolute Gasteiger partial charge is 0.494 e. The summed E-state index contributed by atoms with van der Waals surface area (Å²) in [6, 6.07) is 5.76. The SMILES string of the molecule is COc1ccc(C(=O)OCC(=O)Nc2sc3c(c2C#N)CCC3)cc1F. The maximum atomic E-state index is 13.6. The van der Waals surface area contributed by atoms with Crippen molar-refractivity contribution in [3.8, 4) is 11.8 Å². The molecule has 1 aromatic heterocycles. The first kappa shape index (κ1) is 17.9. The van der Waals surface area contributed by atoms with E-state index in [1.165, 1.54) is 30.6 Å². The van der Waals surface area contributed by atoms with Crippen LogP contribution in [-0.2, 0) is 22.4 Å². The van der Waals surface area contributed by atoms with Crippen LogP contribution in [0.1, 0.15) is 32.8 Å². The summed E-state index contributed by atoms with van der Waals surface area (Å²) in [6.45, 7) is -0.528. The third-order valence-electron chi connectivity index (χ3n) is 4.01. The van der Waals surface area contributed by atoms with Crippen LogP contribution >= 0.6 is 11.3 Å². The van der Waals surface area contributed by atoms with Crippen LogP contribution in [0.2, 0.25) is 0 Å². The van der Waals surface area contributed by atoms with Gasteiger partial charge in [0.2, 0.25) is 0 Å². The standard InChI is InChI=1S/C18H15FN2O4S/c1-24-14-6-5-10(7-13(14)19)18(23)25-9-16(22)21-17-12(8-20)11-3-2-4-15(11)26-17/h5-7H,2-4,9H2,1H3,(H,21,22). The third-order valence-corrected chi connectivity index (χ3v) is 5.22. The van der Waals surface area contributed by atoms with Crippen molar-refractivity contribution in [1.82, 2.24) is 0 Å². The zero-order valence-electron chi connectivity index (χ0n) is 13.9. The van der Waals surface area contributed by atoms with Gasteiger partial charge in [0.15, 0.2) is 18.2 Å². The molecule has 1 aromatic carbocycles. The topological polar surface area (TPSA) is 88.4 Å². The van der Waals surface area contributed by atoms with E-state index in [0.717, 1.165) is 35.8 Å². The molecule has 1 aliphatic rings. The summed E-state index contributed by atoms with van der Waals surface area (Å²) in [6.07, 6.45) is 2.76. The molecule has 0 spiro atoms. The molecule has 0 atom stereocenters. The second-order valence-corrected chi connectivity index (χ2v) is 6.75. The zero-order valence-corrected chi connectivity index (χ0v) is 14.7. The molecule has 6 nitrogen and oxygen atoms in total. The molecule has 1 N–H and O–H groups in total. The van der Waals surface area contributed by atoms with Crippen LogP contribution in [0.25, 0.3) is 0 Å². The summed E-state index contributed by atoms with van der Waals surface area (Å²) < 4.78 is 23.3. The van der Waals surface area contributed by atoms with Crippen LogP contribution in [-0.4, -0.2) is 25.6 Å². The molecule has 0 fully saturated rings. The van der Waals surface area contributed by atoms with Gasteiger partial charge in [-0.05, 0) is 43.0 Å². The number of hydrogen-bond acceptors (Lipinski definition) is 6. The number of thiophene rings is 1. The van der Waals surface area contributed by atoms with Gasteiger partial charge in [-0.2, -0.15) is 5.26 Å². The van der Waals surface area contributed by atoms with Crippen LogP contribution in [0.5, 0.6) is 5.75 Å². The molecule has 0 bridgehead atoms. The Morgan fingerprint density at radius 3 is 2.88 bits per heavy atom. The number of ether oxygens (including phenoxy) is 2. The number of fused-ring (bicyclic) bond motifs is 1. The number of nitrogens with zero attached hydrogens (tertiary/aromatic N) is 1. The molecule has 3 rings (SSSR count). The number of benzene rings is 1. The summed E-state index contributed by atoms with van der Waals surface area (Å²) in [4.78, 5) is 25.1. The molecule has 8 heteroatoms. The van der Waals surface area contributed by atoms with Crippen molar-refractivity contribution in [3.63, 3.8) is 0 Å². The van der Waals surface area contributed by atoms with E-state index in [1.807, 2.05) is 0 Å². The van der Waals surface area contributed by atoms with Gasteiger partial charge in [0.1, 0.15) is 11.1 Å². The Morgan fingerprint density at radius 1 is 1.38 bits per heavy atom. The molecule has 0 saturated heterocycles. The van der Waals surface area contributed by atoms with Gasteiger partial charge >= 0.3 is 5.97 Å². The fourth-order valence-corrected chi connectivity index (χ4v) is 4.04. The number of methoxy groups -OCH3 is 1. The van der Waals surface area contributed by atoms with Crippen molar-refractivity contribution in [3.05, 3.63) is 45.6 Å². The zero-order chi connectivity index (χ0) is 18.7. The number of halogens is 1. The molecule has 26 heavy (non-hydrogen) atoms. The second-order valence-electron chi connectivity index (χ2n) is 5.65. The Balaban J connectivity index is 1.60. The quantitative estimate of drug-likeness (QED) is 0.813. The van der Waals surface area contributed by atoms with Gasteiger partial charge in [-0.3, -0.25) is 4.79 Å². The van der Waals surface area contributed by atoms with Crippen molar-refractivity contribution in [2.45, 2.75) is 19.3 Å². The number of nitriles is 1. The van der Waals surface area contributed by atoms with E-state index in [0.29, 0.717) is 10.6 Å². The maximum Gasteiger partial charge on any atom is 0.338 e. The van der Waals surface area contributed by atoms with Gasteiger partial charge in [-0.25, -0.2) is 9.18 Å². The lowest BCUT2D eigenvalue weighted by Crippen LogP contribution is -2.21. The van der Waals surface area contributed by atoms with E-state index in [1.54, 1.807) is 0 Å². The van der Waals surface area contributed by atoms with Crippen LogP contribution in [0, 0.1) is 17.1 Å². The first-order chi connectivity index (χ1) is 12.5. The van der Waals surface area contributed by atoms with Crippen molar-refractivity contribution in [2.24, 2.45) is 0 Å². The number of rotatable bonds is 5. The van der Waals surface area contributed by atoms with Crippen molar-refractivity contribution in [1.29, 1.82) is 5.26 Å². The van der Waals surface area contributed by atoms with E-state index in [2.05, 4.69) is 11.4 Å². The maximum absolute atomic E-state index is 13.6. The van der Waals surface area contributed by atoms with Gasteiger partial charge in [0, 0.05) is 4.88 Å². The number of esters is 1. The number of amides is 1. The highest BCUT2D eigenvalue weighted by atomic mass is 32.1. The number of hydrogen-bond donors (Lipinski definition) is 1. The molecular formula is C18H15FN2O4S. The predicted octanol–water partition coefficient (Wildman–Crippen LogP) is 3.05. The molecule has 0 saturated carbocycles. The van der Waals surface area contributed by atoms with Gasteiger partial charge < -0.3 is 14.8 Å². The summed E-state index contributed by atoms with van der Waals surface area (Å²) in [5.41, 5.74) is 1.46. The highest BCUT2D eigenvalue weighted by Crippen LogP contribution is 2.38. The monoisotopic (exact) mass is 374 g/mol. The van der Waals surface area contributed by atoms with Crippen LogP contribution in [0.4, 0.5) is 9.39 Å². The molecule has 0 radical (unpaired) electrons. The normalized spacial score (nSPS) is 12.2. The van der Waals surface area contributed by atoms with Crippen LogP contribution < -0.4 is 10.1 Å². The fraction of sp³-hybridized carbons (Fsp3) is 0.278. The Labute approximate surface area is 153 Å². The molecular weight excluding hydrogens is 359 g/mol. The molecule has 134 valence electrons. The first-order valence-corrected chi connectivity index (χ1v) is 8.70. The summed E-state index contributed by atoms with van der Waals surface area (Å²) >= 11 is 1.38. The Bertz CT molecular complexity index is 917. The number of anilines is 1. The molecule has 1 amide bonds. The summed E-state index contributed by atoms with van der Waals surface area (Å²) in [5, 5.41) is 12.4. The fourth-order valence-electron chi connectivity index (χ4n) is 2.78. The Kier molecular flexibility index (Phi) is 5.19. The first-order valence-electron chi connectivity index (χ1n) is 7.88. The highest BCUT2D eigenvalue weighted by Gasteiger charge is 2.23. The van der Waals surface area contributed by atoms with Gasteiger partial charge in [-0.1, -0.05) is 0 Å². The molecule has 1 heterocycles. The number of carbonyl (C=O) groups excluding carboxylic acids is 2. The van der Waals surface area contributed by atoms with Gasteiger partial charge in [0.05, 0.1) is 18.2 Å².